The molecule has 0 saturated carbocycles. The van der Waals surface area contributed by atoms with Gasteiger partial charge in [0, 0.05) is 24.6 Å². The van der Waals surface area contributed by atoms with Gasteiger partial charge in [0.25, 0.3) is 0 Å². The first-order valence-electron chi connectivity index (χ1n) is 3.25. The van der Waals surface area contributed by atoms with E-state index in [1.165, 1.54) is 0 Å². The summed E-state index contributed by atoms with van der Waals surface area (Å²) in [6, 6.07) is 0. The third-order valence-electron chi connectivity index (χ3n) is 0.856. The third kappa shape index (κ3) is 11.1. The summed E-state index contributed by atoms with van der Waals surface area (Å²) >= 11 is -0.151. The van der Waals surface area contributed by atoms with Crippen LogP contribution in [0.15, 0.2) is 12.3 Å². The molecule has 13 heavy (non-hydrogen) atoms. The minimum atomic E-state index is -4.22. The van der Waals surface area contributed by atoms with E-state index in [4.69, 9.17) is 5.11 Å². The van der Waals surface area contributed by atoms with E-state index in [0.717, 1.165) is 12.3 Å². The minimum Gasteiger partial charge on any atom is -0.478 e. The molecule has 0 aromatic rings. The number of carbonyl (C=O) groups is 1. The number of halogens is 3. The Balaban J connectivity index is 3.32. The van der Waals surface area contributed by atoms with Gasteiger partial charge in [-0.2, -0.15) is 13.2 Å². The first-order chi connectivity index (χ1) is 5.92. The quantitative estimate of drug-likeness (QED) is 0.538. The van der Waals surface area contributed by atoms with Crippen LogP contribution in [-0.4, -0.2) is 28.9 Å². The van der Waals surface area contributed by atoms with Crippen molar-refractivity contribution in [1.29, 1.82) is 0 Å². The zero-order valence-electron chi connectivity index (χ0n) is 6.47. The van der Waals surface area contributed by atoms with Gasteiger partial charge in [0.05, 0.1) is 0 Å². The Morgan fingerprint density at radius 1 is 1.54 bits per heavy atom. The Morgan fingerprint density at radius 3 is 2.62 bits per heavy atom. The molecule has 2 N–H and O–H groups in total. The van der Waals surface area contributed by atoms with Crippen molar-refractivity contribution in [1.82, 2.24) is 5.32 Å². The van der Waals surface area contributed by atoms with Gasteiger partial charge in [0.2, 0.25) is 0 Å². The summed E-state index contributed by atoms with van der Waals surface area (Å²) in [4.78, 5) is 9.88. The Bertz CT molecular complexity index is 193. The van der Waals surface area contributed by atoms with Crippen LogP contribution in [-0.2, 0) is 4.79 Å². The smallest absolute Gasteiger partial charge is 0.441 e. The normalized spacial score (nSPS) is 11.9. The average molecular weight is 215 g/mol. The van der Waals surface area contributed by atoms with Crippen molar-refractivity contribution in [2.75, 3.05) is 12.3 Å². The summed E-state index contributed by atoms with van der Waals surface area (Å²) in [6.45, 7) is 0.0773. The Hall–Kier alpha value is -0.850. The molecule has 0 bridgehead atoms. The van der Waals surface area contributed by atoms with Gasteiger partial charge in [-0.25, -0.2) is 4.79 Å². The molecule has 7 heteroatoms. The van der Waals surface area contributed by atoms with Crippen LogP contribution in [0.4, 0.5) is 13.2 Å². The molecule has 0 unspecified atom stereocenters. The van der Waals surface area contributed by atoms with E-state index in [1.54, 1.807) is 0 Å². The minimum absolute atomic E-state index is 0.0773. The van der Waals surface area contributed by atoms with Crippen molar-refractivity contribution in [2.24, 2.45) is 0 Å². The first kappa shape index (κ1) is 12.2. The van der Waals surface area contributed by atoms with Crippen molar-refractivity contribution >= 4 is 17.7 Å². The number of carboxylic acid groups (broad SMARTS) is 1. The zero-order chi connectivity index (χ0) is 10.3. The fraction of sp³-hybridized carbons (Fsp3) is 0.500. The van der Waals surface area contributed by atoms with E-state index in [1.807, 2.05) is 0 Å². The molecule has 0 aliphatic rings. The Kier molecular flexibility index (Phi) is 5.36. The number of hydrogen-bond donors (Lipinski definition) is 2. The molecule has 0 aliphatic carbocycles. The van der Waals surface area contributed by atoms with Crippen molar-refractivity contribution in [2.45, 2.75) is 5.51 Å². The van der Waals surface area contributed by atoms with E-state index in [-0.39, 0.29) is 24.1 Å². The highest BCUT2D eigenvalue weighted by atomic mass is 32.2. The van der Waals surface area contributed by atoms with Gasteiger partial charge in [0.15, 0.2) is 0 Å². The van der Waals surface area contributed by atoms with Crippen LogP contribution in [0.5, 0.6) is 0 Å². The Morgan fingerprint density at radius 2 is 2.15 bits per heavy atom. The number of aliphatic carboxylic acids is 1. The first-order valence-corrected chi connectivity index (χ1v) is 4.24. The fourth-order valence-electron chi connectivity index (χ4n) is 0.439. The van der Waals surface area contributed by atoms with Crippen molar-refractivity contribution in [3.63, 3.8) is 0 Å². The van der Waals surface area contributed by atoms with Crippen LogP contribution in [0, 0.1) is 0 Å². The van der Waals surface area contributed by atoms with Gasteiger partial charge < -0.3 is 10.4 Å². The Labute approximate surface area is 77.0 Å². The lowest BCUT2D eigenvalue weighted by Crippen LogP contribution is -2.13. The molecule has 0 amide bonds. The van der Waals surface area contributed by atoms with Gasteiger partial charge in [-0.05, 0) is 11.8 Å². The number of carboxylic acids is 1. The largest absolute Gasteiger partial charge is 0.478 e. The molecule has 76 valence electrons. The molecule has 0 aliphatic heterocycles. The maximum atomic E-state index is 11.5. The summed E-state index contributed by atoms with van der Waals surface area (Å²) in [5.74, 6) is -1.29. The monoisotopic (exact) mass is 215 g/mol. The average Bonchev–Trinajstić information content (AvgIpc) is 1.93. The van der Waals surface area contributed by atoms with E-state index in [2.05, 4.69) is 5.32 Å². The molecular formula is C6H8F3NO2S. The van der Waals surface area contributed by atoms with Crippen molar-refractivity contribution in [3.8, 4) is 0 Å². The summed E-state index contributed by atoms with van der Waals surface area (Å²) in [6.07, 6.45) is 1.91. The lowest BCUT2D eigenvalue weighted by molar-refractivity contribution is -0.131. The van der Waals surface area contributed by atoms with Crippen molar-refractivity contribution in [3.05, 3.63) is 12.3 Å². The molecule has 0 radical (unpaired) electrons. The van der Waals surface area contributed by atoms with Crippen LogP contribution in [0.2, 0.25) is 0 Å². The van der Waals surface area contributed by atoms with E-state index in [0.29, 0.717) is 0 Å². The number of rotatable bonds is 5. The lowest BCUT2D eigenvalue weighted by Gasteiger charge is -2.04. The fourth-order valence-corrected chi connectivity index (χ4v) is 0.891. The highest BCUT2D eigenvalue weighted by Crippen LogP contribution is 2.29. The topological polar surface area (TPSA) is 49.3 Å². The van der Waals surface area contributed by atoms with Crippen LogP contribution >= 0.6 is 11.8 Å². The van der Waals surface area contributed by atoms with Gasteiger partial charge in [0.1, 0.15) is 0 Å². The summed E-state index contributed by atoms with van der Waals surface area (Å²) in [7, 11) is 0. The summed E-state index contributed by atoms with van der Waals surface area (Å²) in [5.41, 5.74) is -4.22. The predicted octanol–water partition coefficient (Wildman–Crippen LogP) is 1.43. The van der Waals surface area contributed by atoms with Gasteiger partial charge in [-0.15, -0.1) is 0 Å². The van der Waals surface area contributed by atoms with Crippen LogP contribution < -0.4 is 5.32 Å². The standard InChI is InChI=1S/C6H8F3NO2S/c7-6(8,9)13-4-3-10-2-1-5(11)12/h1-2,10H,3-4H2,(H,11,12)/b2-1+. The highest BCUT2D eigenvalue weighted by molar-refractivity contribution is 8.00. The maximum absolute atomic E-state index is 11.5. The molecule has 0 rings (SSSR count). The van der Waals surface area contributed by atoms with Crippen LogP contribution in [0.1, 0.15) is 0 Å². The number of nitrogens with one attached hydrogen (secondary N) is 1. The van der Waals surface area contributed by atoms with Crippen molar-refractivity contribution < 1.29 is 23.1 Å². The van der Waals surface area contributed by atoms with Gasteiger partial charge >= 0.3 is 11.5 Å². The molecule has 0 aromatic carbocycles. The SMILES string of the molecule is O=C(O)/C=C/NCCSC(F)(F)F. The number of hydrogen-bond acceptors (Lipinski definition) is 3. The molecule has 0 aromatic heterocycles. The maximum Gasteiger partial charge on any atom is 0.441 e. The summed E-state index contributed by atoms with van der Waals surface area (Å²) < 4.78 is 34.5. The third-order valence-corrected chi connectivity index (χ3v) is 1.59. The zero-order valence-corrected chi connectivity index (χ0v) is 7.28. The van der Waals surface area contributed by atoms with Gasteiger partial charge in [-0.3, -0.25) is 0 Å². The molecule has 0 atom stereocenters. The number of thioether (sulfide) groups is 1. The highest BCUT2D eigenvalue weighted by Gasteiger charge is 2.27. The molecule has 0 fully saturated rings. The molecule has 0 saturated heterocycles. The van der Waals surface area contributed by atoms with E-state index in [9.17, 15) is 18.0 Å². The lowest BCUT2D eigenvalue weighted by atomic mass is 10.6. The van der Waals surface area contributed by atoms with Crippen LogP contribution in [0.3, 0.4) is 0 Å². The number of alkyl halides is 3. The second kappa shape index (κ2) is 5.74. The molecular weight excluding hydrogens is 207 g/mol. The van der Waals surface area contributed by atoms with E-state index < -0.39 is 11.5 Å². The van der Waals surface area contributed by atoms with Crippen LogP contribution in [0.25, 0.3) is 0 Å². The summed E-state index contributed by atoms with van der Waals surface area (Å²) in [5, 5.41) is 10.5. The second-order valence-electron chi connectivity index (χ2n) is 1.92. The molecule has 0 spiro atoms. The molecule has 0 heterocycles. The van der Waals surface area contributed by atoms with E-state index >= 15 is 0 Å². The second-order valence-corrected chi connectivity index (χ2v) is 3.08. The predicted molar refractivity (Wildman–Crippen MR) is 43.3 cm³/mol. The van der Waals surface area contributed by atoms with Gasteiger partial charge in [-0.1, -0.05) is 0 Å². The molecule has 3 nitrogen and oxygen atoms in total.